The molecule has 118 valence electrons. The molecule has 0 aliphatic carbocycles. The number of fused-ring (bicyclic) bond motifs is 1. The monoisotopic (exact) mass is 336 g/mol. The predicted octanol–water partition coefficient (Wildman–Crippen LogP) is 3.20. The standard InChI is InChI=1S/C14H10F2N4O2S/c1-22-11-6-8(15)2-3-9(11)13-10-4-5-12(17-7-21)18-14(10)20(19-13)23-16/h2-7H,1H3,(H,17,18,21). The van der Waals surface area contributed by atoms with Gasteiger partial charge in [0, 0.05) is 17.0 Å². The summed E-state index contributed by atoms with van der Waals surface area (Å²) < 4.78 is 32.6. The van der Waals surface area contributed by atoms with Gasteiger partial charge in [-0.15, -0.1) is 3.89 Å². The van der Waals surface area contributed by atoms with Crippen molar-refractivity contribution in [1.29, 1.82) is 0 Å². The molecule has 2 aromatic heterocycles. The number of rotatable bonds is 5. The van der Waals surface area contributed by atoms with Gasteiger partial charge in [0.05, 0.1) is 7.11 Å². The summed E-state index contributed by atoms with van der Waals surface area (Å²) in [4.78, 5) is 14.6. The maximum atomic E-state index is 13.3. The van der Waals surface area contributed by atoms with Gasteiger partial charge < -0.3 is 10.1 Å². The molecule has 1 amide bonds. The van der Waals surface area contributed by atoms with Crippen LogP contribution >= 0.6 is 12.3 Å². The number of benzene rings is 1. The molecule has 0 aliphatic rings. The number of ether oxygens (including phenoxy) is 1. The molecule has 6 nitrogen and oxygen atoms in total. The summed E-state index contributed by atoms with van der Waals surface area (Å²) in [6.45, 7) is 0. The molecule has 0 saturated heterocycles. The van der Waals surface area contributed by atoms with Gasteiger partial charge in [-0.3, -0.25) is 4.79 Å². The van der Waals surface area contributed by atoms with Gasteiger partial charge >= 0.3 is 0 Å². The number of hydrogen-bond donors (Lipinski definition) is 1. The van der Waals surface area contributed by atoms with E-state index in [2.05, 4.69) is 15.4 Å². The maximum Gasteiger partial charge on any atom is 0.212 e. The van der Waals surface area contributed by atoms with Crippen LogP contribution in [-0.4, -0.2) is 27.7 Å². The van der Waals surface area contributed by atoms with E-state index in [0.717, 1.165) is 4.09 Å². The lowest BCUT2D eigenvalue weighted by atomic mass is 10.1. The van der Waals surface area contributed by atoms with Gasteiger partial charge in [-0.2, -0.15) is 9.19 Å². The largest absolute Gasteiger partial charge is 0.496 e. The third-order valence-corrected chi connectivity index (χ3v) is 3.58. The quantitative estimate of drug-likeness (QED) is 0.725. The van der Waals surface area contributed by atoms with E-state index in [1.165, 1.54) is 25.3 Å². The number of aromatic nitrogens is 3. The topological polar surface area (TPSA) is 69.0 Å². The number of nitrogens with zero attached hydrogens (tertiary/aromatic N) is 3. The number of hydrogen-bond acceptors (Lipinski definition) is 5. The van der Waals surface area contributed by atoms with Crippen molar-refractivity contribution in [3.8, 4) is 17.0 Å². The number of pyridine rings is 1. The first-order valence-electron chi connectivity index (χ1n) is 6.41. The summed E-state index contributed by atoms with van der Waals surface area (Å²) in [5, 5.41) is 7.07. The van der Waals surface area contributed by atoms with Crippen molar-refractivity contribution >= 4 is 35.6 Å². The van der Waals surface area contributed by atoms with Crippen LogP contribution in [0.25, 0.3) is 22.3 Å². The van der Waals surface area contributed by atoms with Crippen molar-refractivity contribution in [1.82, 2.24) is 14.2 Å². The Hall–Kier alpha value is -2.68. The normalized spacial score (nSPS) is 10.7. The second kappa shape index (κ2) is 6.21. The fraction of sp³-hybridized carbons (Fsp3) is 0.0714. The van der Waals surface area contributed by atoms with Gasteiger partial charge in [0.2, 0.25) is 6.41 Å². The van der Waals surface area contributed by atoms with Crippen LogP contribution in [0.3, 0.4) is 0 Å². The molecular weight excluding hydrogens is 326 g/mol. The van der Waals surface area contributed by atoms with Crippen molar-refractivity contribution in [2.45, 2.75) is 0 Å². The number of nitrogens with one attached hydrogen (secondary N) is 1. The zero-order chi connectivity index (χ0) is 16.4. The second-order valence-electron chi connectivity index (χ2n) is 4.47. The van der Waals surface area contributed by atoms with E-state index in [1.807, 2.05) is 0 Å². The van der Waals surface area contributed by atoms with Crippen LogP contribution in [0.15, 0.2) is 30.3 Å². The Kier molecular flexibility index (Phi) is 4.11. The minimum absolute atomic E-state index is 0.131. The molecule has 0 saturated carbocycles. The van der Waals surface area contributed by atoms with Crippen LogP contribution in [0.5, 0.6) is 5.75 Å². The van der Waals surface area contributed by atoms with E-state index >= 15 is 0 Å². The van der Waals surface area contributed by atoms with Crippen LogP contribution in [-0.2, 0) is 4.79 Å². The molecule has 1 aromatic carbocycles. The average molecular weight is 336 g/mol. The number of anilines is 1. The highest BCUT2D eigenvalue weighted by molar-refractivity contribution is 7.92. The van der Waals surface area contributed by atoms with Crippen molar-refractivity contribution in [3.63, 3.8) is 0 Å². The summed E-state index contributed by atoms with van der Waals surface area (Å²) in [5.74, 6) is 0.0839. The number of carbonyl (C=O) groups is 1. The summed E-state index contributed by atoms with van der Waals surface area (Å²) in [6, 6.07) is 7.19. The molecule has 0 aliphatic heterocycles. The van der Waals surface area contributed by atoms with Crippen molar-refractivity contribution in [3.05, 3.63) is 36.1 Å². The number of halogens is 2. The van der Waals surface area contributed by atoms with Crippen molar-refractivity contribution in [2.24, 2.45) is 0 Å². The maximum absolute atomic E-state index is 13.3. The number of carbonyl (C=O) groups excluding carboxylic acids is 1. The Morgan fingerprint density at radius 3 is 2.87 bits per heavy atom. The first-order chi connectivity index (χ1) is 11.2. The SMILES string of the molecule is COc1cc(F)ccc1-c1nn(SF)c2nc(NC=O)ccc12. The van der Waals surface area contributed by atoms with E-state index in [0.29, 0.717) is 23.1 Å². The molecule has 3 rings (SSSR count). The van der Waals surface area contributed by atoms with Gasteiger partial charge in [0.1, 0.15) is 23.1 Å². The molecule has 3 aromatic rings. The third-order valence-electron chi connectivity index (χ3n) is 3.19. The minimum atomic E-state index is -0.454. The zero-order valence-corrected chi connectivity index (χ0v) is 12.6. The summed E-state index contributed by atoms with van der Waals surface area (Å²) in [7, 11) is 1.41. The lowest BCUT2D eigenvalue weighted by Gasteiger charge is -2.06. The Balaban J connectivity index is 2.24. The summed E-state index contributed by atoms with van der Waals surface area (Å²) in [6.07, 6.45) is 0.474. The number of amides is 1. The van der Waals surface area contributed by atoms with Gasteiger partial charge in [-0.25, -0.2) is 9.37 Å². The lowest BCUT2D eigenvalue weighted by Crippen LogP contribution is -1.97. The van der Waals surface area contributed by atoms with Crippen molar-refractivity contribution in [2.75, 3.05) is 12.4 Å². The van der Waals surface area contributed by atoms with Crippen LogP contribution in [0.2, 0.25) is 0 Å². The molecule has 1 N–H and O–H groups in total. The molecule has 2 heterocycles. The van der Waals surface area contributed by atoms with Crippen LogP contribution < -0.4 is 10.1 Å². The molecule has 9 heteroatoms. The molecule has 0 bridgehead atoms. The summed E-state index contributed by atoms with van der Waals surface area (Å²) >= 11 is -0.131. The highest BCUT2D eigenvalue weighted by Gasteiger charge is 2.18. The Morgan fingerprint density at radius 2 is 2.17 bits per heavy atom. The zero-order valence-electron chi connectivity index (χ0n) is 11.8. The Bertz CT molecular complexity index is 885. The van der Waals surface area contributed by atoms with Gasteiger partial charge in [0.15, 0.2) is 18.0 Å². The highest BCUT2D eigenvalue weighted by Crippen LogP contribution is 2.35. The Morgan fingerprint density at radius 1 is 1.35 bits per heavy atom. The molecule has 0 fully saturated rings. The molecule has 0 unspecified atom stereocenters. The third kappa shape index (κ3) is 2.70. The first-order valence-corrected chi connectivity index (χ1v) is 7.08. The second-order valence-corrected chi connectivity index (χ2v) is 4.95. The minimum Gasteiger partial charge on any atom is -0.496 e. The highest BCUT2D eigenvalue weighted by atomic mass is 32.2. The van der Waals surface area contributed by atoms with E-state index in [9.17, 15) is 13.1 Å². The molecule has 0 radical (unpaired) electrons. The molecular formula is C14H10F2N4O2S. The van der Waals surface area contributed by atoms with Gasteiger partial charge in [-0.1, -0.05) is 0 Å². The van der Waals surface area contributed by atoms with E-state index in [4.69, 9.17) is 4.74 Å². The smallest absolute Gasteiger partial charge is 0.212 e. The van der Waals surface area contributed by atoms with Crippen molar-refractivity contribution < 1.29 is 17.8 Å². The van der Waals surface area contributed by atoms with E-state index in [-0.39, 0.29) is 29.5 Å². The Labute approximate surface area is 133 Å². The fourth-order valence-electron chi connectivity index (χ4n) is 2.22. The fourth-order valence-corrected chi connectivity index (χ4v) is 2.54. The average Bonchev–Trinajstić information content (AvgIpc) is 2.93. The number of methoxy groups -OCH3 is 1. The van der Waals surface area contributed by atoms with E-state index < -0.39 is 5.82 Å². The van der Waals surface area contributed by atoms with Crippen LogP contribution in [0.4, 0.5) is 14.1 Å². The van der Waals surface area contributed by atoms with Crippen LogP contribution in [0, 0.1) is 5.82 Å². The van der Waals surface area contributed by atoms with E-state index in [1.54, 1.807) is 12.1 Å². The summed E-state index contributed by atoms with van der Waals surface area (Å²) in [5.41, 5.74) is 1.13. The molecule has 23 heavy (non-hydrogen) atoms. The van der Waals surface area contributed by atoms with Crippen LogP contribution in [0.1, 0.15) is 0 Å². The molecule has 0 atom stereocenters. The van der Waals surface area contributed by atoms with Gasteiger partial charge in [-0.05, 0) is 24.3 Å². The molecule has 0 spiro atoms. The first kappa shape index (κ1) is 15.2. The lowest BCUT2D eigenvalue weighted by molar-refractivity contribution is -0.105. The van der Waals surface area contributed by atoms with Gasteiger partial charge in [0.25, 0.3) is 0 Å². The predicted molar refractivity (Wildman–Crippen MR) is 83.3 cm³/mol.